The number of carbonyl (C=O) groups excluding carboxylic acids is 4. The number of esters is 2. The minimum absolute atomic E-state index is 0.0329. The molecule has 0 saturated carbocycles. The Balaban J connectivity index is 1.10. The molecule has 44 heavy (non-hydrogen) atoms. The van der Waals surface area contributed by atoms with Gasteiger partial charge in [-0.2, -0.15) is 0 Å². The molecule has 0 aliphatic carbocycles. The number of halogens is 2. The van der Waals surface area contributed by atoms with E-state index < -0.39 is 30.2 Å². The van der Waals surface area contributed by atoms with Crippen molar-refractivity contribution in [1.82, 2.24) is 0 Å². The zero-order valence-electron chi connectivity index (χ0n) is 23.3. The molecule has 9 nitrogen and oxygen atoms in total. The average molecular weight is 634 g/mol. The van der Waals surface area contributed by atoms with Crippen molar-refractivity contribution in [2.24, 2.45) is 5.92 Å². The van der Waals surface area contributed by atoms with E-state index in [0.717, 1.165) is 0 Å². The van der Waals surface area contributed by atoms with E-state index in [1.165, 1.54) is 47.4 Å². The van der Waals surface area contributed by atoms with Crippen molar-refractivity contribution < 1.29 is 38.1 Å². The zero-order valence-corrected chi connectivity index (χ0v) is 24.8. The van der Waals surface area contributed by atoms with Crippen molar-refractivity contribution in [1.29, 1.82) is 0 Å². The molecule has 1 aliphatic rings. The average Bonchev–Trinajstić information content (AvgIpc) is 3.42. The first kappa shape index (κ1) is 30.6. The maximum atomic E-state index is 12.7. The Bertz CT molecular complexity index is 1690. The summed E-state index contributed by atoms with van der Waals surface area (Å²) in [5.41, 5.74) is 1.01. The van der Waals surface area contributed by atoms with Crippen LogP contribution in [0.5, 0.6) is 23.0 Å². The molecule has 1 amide bonds. The molecule has 1 aliphatic heterocycles. The first-order chi connectivity index (χ1) is 21.2. The van der Waals surface area contributed by atoms with E-state index >= 15 is 0 Å². The third-order valence-corrected chi connectivity index (χ3v) is 7.33. The van der Waals surface area contributed by atoms with Gasteiger partial charge in [0.1, 0.15) is 23.0 Å². The molecule has 11 heteroatoms. The van der Waals surface area contributed by atoms with Gasteiger partial charge in [0.2, 0.25) is 5.91 Å². The summed E-state index contributed by atoms with van der Waals surface area (Å²) in [5.74, 6) is -0.598. The molecule has 1 atom stereocenters. The summed E-state index contributed by atoms with van der Waals surface area (Å²) < 4.78 is 21.5. The van der Waals surface area contributed by atoms with Crippen molar-refractivity contribution in [2.75, 3.05) is 25.2 Å². The molecule has 0 spiro atoms. The molecular formula is C33H25Cl2NO8. The number of hydrogen-bond donors (Lipinski definition) is 0. The van der Waals surface area contributed by atoms with Gasteiger partial charge in [0.05, 0.1) is 23.6 Å². The van der Waals surface area contributed by atoms with Crippen LogP contribution in [-0.2, 0) is 14.3 Å². The second-order valence-corrected chi connectivity index (χ2v) is 10.6. The van der Waals surface area contributed by atoms with Crippen molar-refractivity contribution in [3.8, 4) is 23.0 Å². The second kappa shape index (κ2) is 13.6. The lowest BCUT2D eigenvalue weighted by Crippen LogP contribution is -2.27. The number of ketones is 1. The van der Waals surface area contributed by atoms with Gasteiger partial charge in [-0.15, -0.1) is 0 Å². The van der Waals surface area contributed by atoms with Crippen molar-refractivity contribution in [3.63, 3.8) is 0 Å². The number of anilines is 1. The van der Waals surface area contributed by atoms with E-state index in [9.17, 15) is 19.2 Å². The Kier molecular flexibility index (Phi) is 9.47. The van der Waals surface area contributed by atoms with Crippen LogP contribution >= 0.6 is 23.2 Å². The predicted molar refractivity (Wildman–Crippen MR) is 163 cm³/mol. The fourth-order valence-corrected chi connectivity index (χ4v) is 4.94. The van der Waals surface area contributed by atoms with Crippen molar-refractivity contribution in [2.45, 2.75) is 6.42 Å². The van der Waals surface area contributed by atoms with Crippen LogP contribution in [0.3, 0.4) is 0 Å². The van der Waals surface area contributed by atoms with E-state index in [0.29, 0.717) is 28.0 Å². The fourth-order valence-electron chi connectivity index (χ4n) is 4.45. The highest BCUT2D eigenvalue weighted by Crippen LogP contribution is 2.30. The number of methoxy groups -OCH3 is 1. The minimum Gasteiger partial charge on any atom is -0.497 e. The number of hydrogen-bond acceptors (Lipinski definition) is 8. The Morgan fingerprint density at radius 1 is 0.818 bits per heavy atom. The lowest BCUT2D eigenvalue weighted by Gasteiger charge is -2.17. The number of ether oxygens (including phenoxy) is 4. The third kappa shape index (κ3) is 7.37. The molecule has 0 bridgehead atoms. The number of benzene rings is 4. The van der Waals surface area contributed by atoms with Crippen LogP contribution in [-0.4, -0.2) is 43.9 Å². The topological polar surface area (TPSA) is 108 Å². The van der Waals surface area contributed by atoms with E-state index in [2.05, 4.69) is 0 Å². The molecule has 224 valence electrons. The largest absolute Gasteiger partial charge is 0.497 e. The minimum atomic E-state index is -0.716. The molecule has 0 radical (unpaired) electrons. The number of amides is 1. The van der Waals surface area contributed by atoms with Crippen molar-refractivity contribution in [3.05, 3.63) is 112 Å². The maximum Gasteiger partial charge on any atom is 0.345 e. The quantitative estimate of drug-likeness (QED) is 0.107. The van der Waals surface area contributed by atoms with Gasteiger partial charge in [-0.25, -0.2) is 4.79 Å². The highest BCUT2D eigenvalue weighted by atomic mass is 35.5. The SMILES string of the molecule is COc1ccc(Oc2ccc(N3CC(C(=O)OCC(=O)c4ccc(OC(=O)c5ccc(Cl)cc5Cl)cc4)CC3=O)cc2)cc1. The van der Waals surface area contributed by atoms with Gasteiger partial charge in [0.15, 0.2) is 12.4 Å². The smallest absolute Gasteiger partial charge is 0.345 e. The maximum absolute atomic E-state index is 12.7. The number of rotatable bonds is 10. The highest BCUT2D eigenvalue weighted by Gasteiger charge is 2.36. The first-order valence-electron chi connectivity index (χ1n) is 13.4. The first-order valence-corrected chi connectivity index (χ1v) is 14.1. The molecule has 1 fully saturated rings. The van der Waals surface area contributed by atoms with Crippen LogP contribution in [0.25, 0.3) is 0 Å². The molecule has 1 heterocycles. The van der Waals surface area contributed by atoms with Gasteiger partial charge in [-0.3, -0.25) is 14.4 Å². The fraction of sp³-hybridized carbons (Fsp3) is 0.152. The monoisotopic (exact) mass is 633 g/mol. The van der Waals surface area contributed by atoms with Crippen molar-refractivity contribution >= 4 is 52.5 Å². The summed E-state index contributed by atoms with van der Waals surface area (Å²) in [7, 11) is 1.59. The normalized spacial score (nSPS) is 14.2. The second-order valence-electron chi connectivity index (χ2n) is 9.75. The highest BCUT2D eigenvalue weighted by molar-refractivity contribution is 6.36. The van der Waals surface area contributed by atoms with Crippen LogP contribution in [0.1, 0.15) is 27.1 Å². The van der Waals surface area contributed by atoms with Crippen LogP contribution < -0.4 is 19.1 Å². The van der Waals surface area contributed by atoms with E-state index in [4.69, 9.17) is 42.1 Å². The Labute approximate surface area is 262 Å². The zero-order chi connectivity index (χ0) is 31.2. The number of Topliss-reactive ketones (excluding diaryl/α,β-unsaturated/α-hetero) is 1. The molecule has 0 aromatic heterocycles. The molecule has 1 saturated heterocycles. The number of nitrogens with zero attached hydrogens (tertiary/aromatic N) is 1. The van der Waals surface area contributed by atoms with Gasteiger partial charge in [-0.1, -0.05) is 23.2 Å². The van der Waals surface area contributed by atoms with Crippen LogP contribution in [0.15, 0.2) is 91.0 Å². The summed E-state index contributed by atoms with van der Waals surface area (Å²) in [4.78, 5) is 51.9. The Morgan fingerprint density at radius 3 is 2.07 bits per heavy atom. The van der Waals surface area contributed by atoms with Crippen LogP contribution in [0.4, 0.5) is 5.69 Å². The Hall–Kier alpha value is -4.86. The van der Waals surface area contributed by atoms with Crippen LogP contribution in [0.2, 0.25) is 10.0 Å². The molecule has 1 unspecified atom stereocenters. The molecular weight excluding hydrogens is 609 g/mol. The molecule has 4 aromatic rings. The summed E-state index contributed by atoms with van der Waals surface area (Å²) in [6, 6.07) is 24.3. The van der Waals surface area contributed by atoms with Gasteiger partial charge in [0, 0.05) is 29.2 Å². The van der Waals surface area contributed by atoms with Gasteiger partial charge in [-0.05, 0) is 91.0 Å². The van der Waals surface area contributed by atoms with Gasteiger partial charge >= 0.3 is 11.9 Å². The summed E-state index contributed by atoms with van der Waals surface area (Å²) in [6.45, 7) is -0.372. The van der Waals surface area contributed by atoms with E-state index in [-0.39, 0.29) is 40.8 Å². The van der Waals surface area contributed by atoms with E-state index in [1.54, 1.807) is 55.6 Å². The van der Waals surface area contributed by atoms with Crippen LogP contribution in [0, 0.1) is 5.92 Å². The summed E-state index contributed by atoms with van der Waals surface area (Å²) >= 11 is 11.9. The number of carbonyl (C=O) groups is 4. The van der Waals surface area contributed by atoms with Gasteiger partial charge < -0.3 is 23.8 Å². The Morgan fingerprint density at radius 2 is 1.43 bits per heavy atom. The standard InChI is InChI=1S/C33H25Cl2NO8/c1-41-24-11-13-26(14-12-24)43-25-9-5-23(6-10-25)36-18-21(16-31(36)38)32(39)42-19-30(37)20-2-7-27(8-3-20)44-33(40)28-15-4-22(34)17-29(28)35/h2-15,17,21H,16,18-19H2,1H3. The van der Waals surface area contributed by atoms with E-state index in [1.807, 2.05) is 0 Å². The predicted octanol–water partition coefficient (Wildman–Crippen LogP) is 6.79. The third-order valence-electron chi connectivity index (χ3n) is 6.79. The summed E-state index contributed by atoms with van der Waals surface area (Å²) in [6.07, 6.45) is -0.0329. The van der Waals surface area contributed by atoms with Gasteiger partial charge in [0.25, 0.3) is 0 Å². The molecule has 5 rings (SSSR count). The lowest BCUT2D eigenvalue weighted by atomic mass is 10.1. The summed E-state index contributed by atoms with van der Waals surface area (Å²) in [5, 5.41) is 0.533. The molecule has 4 aromatic carbocycles. The lowest BCUT2D eigenvalue weighted by molar-refractivity contribution is -0.147. The molecule has 0 N–H and O–H groups in total.